The molecule has 0 aromatic rings. The molecule has 0 amide bonds. The maximum absolute atomic E-state index is 11.4. The molecule has 2 N–H and O–H groups in total. The second-order valence-electron chi connectivity index (χ2n) is 4.64. The molecule has 0 bridgehead atoms. The minimum atomic E-state index is -0.458. The van der Waals surface area contributed by atoms with Gasteiger partial charge in [-0.25, -0.2) is 0 Å². The Labute approximate surface area is 104 Å². The fourth-order valence-electron chi connectivity index (χ4n) is 1.11. The second kappa shape index (κ2) is 8.11. The van der Waals surface area contributed by atoms with Crippen molar-refractivity contribution in [2.75, 3.05) is 0 Å². The van der Waals surface area contributed by atoms with E-state index in [4.69, 9.17) is 10.5 Å². The first-order chi connectivity index (χ1) is 6.37. The van der Waals surface area contributed by atoms with E-state index in [9.17, 15) is 4.79 Å². The number of halogens is 1. The van der Waals surface area contributed by atoms with E-state index in [2.05, 4.69) is 6.92 Å². The number of nitrogens with two attached hydrogens (primary N) is 1. The molecule has 0 spiro atoms. The molecule has 0 aromatic heterocycles. The third-order valence-corrected chi connectivity index (χ3v) is 1.83. The van der Waals surface area contributed by atoms with Gasteiger partial charge in [0.05, 0.1) is 0 Å². The van der Waals surface area contributed by atoms with E-state index in [-0.39, 0.29) is 23.0 Å². The van der Waals surface area contributed by atoms with Crippen LogP contribution in [-0.2, 0) is 9.53 Å². The van der Waals surface area contributed by atoms with Gasteiger partial charge in [0.15, 0.2) is 0 Å². The van der Waals surface area contributed by atoms with Crippen molar-refractivity contribution < 1.29 is 9.53 Å². The zero-order valence-corrected chi connectivity index (χ0v) is 11.9. The summed E-state index contributed by atoms with van der Waals surface area (Å²) in [5.74, 6) is -0.284. The van der Waals surface area contributed by atoms with E-state index >= 15 is 0 Å². The molecule has 15 heavy (non-hydrogen) atoms. The molecule has 1 unspecified atom stereocenters. The van der Waals surface area contributed by atoms with Crippen LogP contribution in [0.15, 0.2) is 0 Å². The number of hydrogen-bond donors (Lipinski definition) is 1. The van der Waals surface area contributed by atoms with E-state index in [1.807, 2.05) is 20.8 Å². The Morgan fingerprint density at radius 2 is 1.87 bits per heavy atom. The highest BCUT2D eigenvalue weighted by Gasteiger charge is 2.21. The Hall–Kier alpha value is -0.0900. The van der Waals surface area contributed by atoms with Crippen LogP contribution in [0.5, 0.6) is 0 Å². The quantitative estimate of drug-likeness (QED) is 0.623. The van der Waals surface area contributed by atoms with Crippen molar-refractivity contribution in [3.05, 3.63) is 0 Å². The van der Waals surface area contributed by atoms with Crippen molar-refractivity contribution in [2.45, 2.75) is 65.0 Å². The number of hydrogen-bond acceptors (Lipinski definition) is 3. The fraction of sp³-hybridized carbons (Fsp3) is 0.909. The number of ether oxygens (including phenoxy) is 1. The molecule has 4 heteroatoms. The predicted molar refractivity (Wildman–Crippen MR) is 68.3 cm³/mol. The largest absolute Gasteiger partial charge is 0.459 e. The smallest absolute Gasteiger partial charge is 0.323 e. The maximum Gasteiger partial charge on any atom is 0.323 e. The van der Waals surface area contributed by atoms with Gasteiger partial charge >= 0.3 is 5.97 Å². The normalized spacial score (nSPS) is 12.9. The summed E-state index contributed by atoms with van der Waals surface area (Å²) in [5.41, 5.74) is 5.26. The van der Waals surface area contributed by atoms with Crippen molar-refractivity contribution >= 4 is 23.0 Å². The van der Waals surface area contributed by atoms with Crippen molar-refractivity contribution in [1.82, 2.24) is 0 Å². The van der Waals surface area contributed by atoms with Gasteiger partial charge in [0, 0.05) is 0 Å². The third-order valence-electron chi connectivity index (χ3n) is 1.83. The van der Waals surface area contributed by atoms with E-state index in [1.165, 1.54) is 0 Å². The minimum Gasteiger partial charge on any atom is -0.459 e. The number of carbonyl (C=O) groups excluding carboxylic acids is 1. The minimum absolute atomic E-state index is 0. The molecule has 0 aliphatic carbocycles. The Balaban J connectivity index is 0. The van der Waals surface area contributed by atoms with Crippen LogP contribution in [0.4, 0.5) is 0 Å². The average Bonchev–Trinajstić information content (AvgIpc) is 2.01. The Morgan fingerprint density at radius 1 is 1.33 bits per heavy atom. The lowest BCUT2D eigenvalue weighted by atomic mass is 10.1. The molecule has 92 valence electrons. The molecule has 0 heterocycles. The molecular formula is C11H24BrNO2. The molecule has 0 aromatic carbocycles. The summed E-state index contributed by atoms with van der Waals surface area (Å²) in [6, 6.07) is -0.458. The summed E-state index contributed by atoms with van der Waals surface area (Å²) >= 11 is 0. The van der Waals surface area contributed by atoms with Gasteiger partial charge in [-0.1, -0.05) is 26.2 Å². The van der Waals surface area contributed by atoms with Crippen LogP contribution in [-0.4, -0.2) is 17.6 Å². The summed E-state index contributed by atoms with van der Waals surface area (Å²) in [5, 5.41) is 0. The lowest BCUT2D eigenvalue weighted by Gasteiger charge is -2.22. The maximum atomic E-state index is 11.4. The molecule has 0 saturated heterocycles. The Kier molecular flexibility index (Phi) is 9.36. The van der Waals surface area contributed by atoms with Gasteiger partial charge in [-0.2, -0.15) is 0 Å². The number of carbonyl (C=O) groups is 1. The van der Waals surface area contributed by atoms with E-state index in [0.29, 0.717) is 0 Å². The van der Waals surface area contributed by atoms with Crippen LogP contribution in [0.3, 0.4) is 0 Å². The van der Waals surface area contributed by atoms with Crippen molar-refractivity contribution in [2.24, 2.45) is 5.73 Å². The van der Waals surface area contributed by atoms with Crippen LogP contribution in [0.1, 0.15) is 53.4 Å². The first kappa shape index (κ1) is 17.3. The fourth-order valence-corrected chi connectivity index (χ4v) is 1.11. The highest BCUT2D eigenvalue weighted by molar-refractivity contribution is 8.93. The Bertz CT molecular complexity index is 178. The zero-order valence-electron chi connectivity index (χ0n) is 10.2. The zero-order chi connectivity index (χ0) is 11.2. The van der Waals surface area contributed by atoms with Crippen molar-refractivity contribution in [3.63, 3.8) is 0 Å². The summed E-state index contributed by atoms with van der Waals surface area (Å²) in [6.07, 6.45) is 3.98. The van der Waals surface area contributed by atoms with Gasteiger partial charge in [0.25, 0.3) is 0 Å². The van der Waals surface area contributed by atoms with E-state index in [1.54, 1.807) is 0 Å². The van der Waals surface area contributed by atoms with Gasteiger partial charge in [-0.05, 0) is 27.2 Å². The van der Waals surface area contributed by atoms with Gasteiger partial charge < -0.3 is 10.5 Å². The molecule has 0 saturated carbocycles. The van der Waals surface area contributed by atoms with Crippen LogP contribution >= 0.6 is 17.0 Å². The topological polar surface area (TPSA) is 52.3 Å². The van der Waals surface area contributed by atoms with Crippen molar-refractivity contribution in [1.29, 1.82) is 0 Å². The first-order valence-corrected chi connectivity index (χ1v) is 5.35. The molecule has 0 rings (SSSR count). The molecular weight excluding hydrogens is 258 g/mol. The van der Waals surface area contributed by atoms with Crippen LogP contribution in [0, 0.1) is 0 Å². The highest BCUT2D eigenvalue weighted by atomic mass is 79.9. The molecule has 0 radical (unpaired) electrons. The number of rotatable bonds is 5. The molecule has 1 atom stereocenters. The van der Waals surface area contributed by atoms with Crippen LogP contribution in [0.25, 0.3) is 0 Å². The van der Waals surface area contributed by atoms with Gasteiger partial charge in [-0.15, -0.1) is 17.0 Å². The lowest BCUT2D eigenvalue weighted by Crippen LogP contribution is -2.37. The molecule has 0 aliphatic heterocycles. The molecule has 3 nitrogen and oxygen atoms in total. The second-order valence-corrected chi connectivity index (χ2v) is 4.64. The number of unbranched alkanes of at least 4 members (excludes halogenated alkanes) is 2. The molecule has 0 fully saturated rings. The summed E-state index contributed by atoms with van der Waals surface area (Å²) in [6.45, 7) is 7.68. The average molecular weight is 282 g/mol. The Morgan fingerprint density at radius 3 is 2.27 bits per heavy atom. The van der Waals surface area contributed by atoms with Gasteiger partial charge in [0.2, 0.25) is 0 Å². The summed E-state index contributed by atoms with van der Waals surface area (Å²) < 4.78 is 5.17. The summed E-state index contributed by atoms with van der Waals surface area (Å²) in [4.78, 5) is 11.4. The van der Waals surface area contributed by atoms with Crippen LogP contribution < -0.4 is 5.73 Å². The summed E-state index contributed by atoms with van der Waals surface area (Å²) in [7, 11) is 0. The van der Waals surface area contributed by atoms with Gasteiger partial charge in [0.1, 0.15) is 11.6 Å². The third kappa shape index (κ3) is 10.2. The monoisotopic (exact) mass is 281 g/mol. The van der Waals surface area contributed by atoms with Gasteiger partial charge in [-0.3, -0.25) is 4.79 Å². The molecule has 0 aliphatic rings. The SMILES string of the molecule is Br.CCCCCC(N)C(=O)OC(C)(C)C. The standard InChI is InChI=1S/C11H23NO2.BrH/c1-5-6-7-8-9(12)10(13)14-11(2,3)4;/h9H,5-8,12H2,1-4H3;1H. The number of esters is 1. The van der Waals surface area contributed by atoms with E-state index < -0.39 is 11.6 Å². The van der Waals surface area contributed by atoms with Crippen LogP contribution in [0.2, 0.25) is 0 Å². The first-order valence-electron chi connectivity index (χ1n) is 5.35. The van der Waals surface area contributed by atoms with E-state index in [0.717, 1.165) is 25.7 Å². The highest BCUT2D eigenvalue weighted by Crippen LogP contribution is 2.10. The lowest BCUT2D eigenvalue weighted by molar-refractivity contribution is -0.156. The van der Waals surface area contributed by atoms with Crippen molar-refractivity contribution in [3.8, 4) is 0 Å². The predicted octanol–water partition coefficient (Wildman–Crippen LogP) is 2.81.